The van der Waals surface area contributed by atoms with E-state index in [0.29, 0.717) is 13.1 Å². The Bertz CT molecular complexity index is 504. The highest BCUT2D eigenvalue weighted by atomic mass is 19.4. The van der Waals surface area contributed by atoms with Crippen LogP contribution in [0.5, 0.6) is 0 Å². The second-order valence-corrected chi connectivity index (χ2v) is 5.17. The summed E-state index contributed by atoms with van der Waals surface area (Å²) in [6.07, 6.45) is -3.64. The number of alkyl halides is 3. The van der Waals surface area contributed by atoms with E-state index in [9.17, 15) is 22.4 Å². The Hall–Kier alpha value is -1.63. The van der Waals surface area contributed by atoms with E-state index in [1.54, 1.807) is 11.0 Å². The van der Waals surface area contributed by atoms with Gasteiger partial charge in [-0.3, -0.25) is 9.69 Å². The first-order valence-electron chi connectivity index (χ1n) is 6.65. The Morgan fingerprint density at radius 1 is 1.38 bits per heavy atom. The topological polar surface area (TPSA) is 32.3 Å². The minimum Gasteiger partial charge on any atom is -0.346 e. The van der Waals surface area contributed by atoms with Gasteiger partial charge in [0.15, 0.2) is 0 Å². The smallest absolute Gasteiger partial charge is 0.346 e. The second-order valence-electron chi connectivity index (χ2n) is 5.17. The van der Waals surface area contributed by atoms with E-state index < -0.39 is 18.6 Å². The van der Waals surface area contributed by atoms with Crippen LogP contribution in [0.4, 0.5) is 17.6 Å². The Balaban J connectivity index is 1.81. The van der Waals surface area contributed by atoms with Crippen molar-refractivity contribution in [1.29, 1.82) is 0 Å². The van der Waals surface area contributed by atoms with E-state index in [1.807, 2.05) is 11.4 Å². The van der Waals surface area contributed by atoms with E-state index >= 15 is 0 Å². The summed E-state index contributed by atoms with van der Waals surface area (Å²) in [6, 6.07) is 6.27. The zero-order valence-electron chi connectivity index (χ0n) is 11.3. The fourth-order valence-corrected chi connectivity index (χ4v) is 2.47. The van der Waals surface area contributed by atoms with Gasteiger partial charge in [-0.15, -0.1) is 0 Å². The lowest BCUT2D eigenvalue weighted by molar-refractivity contribution is -0.138. The highest BCUT2D eigenvalue weighted by molar-refractivity contribution is 5.78. The van der Waals surface area contributed by atoms with Gasteiger partial charge in [0.25, 0.3) is 0 Å². The molecule has 1 saturated heterocycles. The third-order valence-corrected chi connectivity index (χ3v) is 3.45. The summed E-state index contributed by atoms with van der Waals surface area (Å²) in [7, 11) is 0. The number of carbonyl (C=O) groups is 1. The van der Waals surface area contributed by atoms with Crippen LogP contribution in [-0.2, 0) is 4.79 Å². The Morgan fingerprint density at radius 2 is 2.14 bits per heavy atom. The summed E-state index contributed by atoms with van der Waals surface area (Å²) >= 11 is 0. The molecule has 0 bridgehead atoms. The maximum Gasteiger partial charge on any atom is 0.405 e. The van der Waals surface area contributed by atoms with Gasteiger partial charge in [0.05, 0.1) is 6.54 Å². The normalized spacial score (nSPS) is 19.7. The number of amides is 1. The zero-order valence-corrected chi connectivity index (χ0v) is 11.3. The summed E-state index contributed by atoms with van der Waals surface area (Å²) < 4.78 is 49.1. The predicted octanol–water partition coefficient (Wildman–Crippen LogP) is 2.29. The number of likely N-dealkylation sites (tertiary alicyclic amines) is 1. The summed E-state index contributed by atoms with van der Waals surface area (Å²) in [5.41, 5.74) is 0.855. The van der Waals surface area contributed by atoms with Gasteiger partial charge < -0.3 is 5.32 Å². The molecule has 1 amide bonds. The number of halogens is 4. The average molecular weight is 304 g/mol. The molecule has 0 unspecified atom stereocenters. The van der Waals surface area contributed by atoms with Gasteiger partial charge in [-0.25, -0.2) is 4.39 Å². The van der Waals surface area contributed by atoms with Gasteiger partial charge >= 0.3 is 6.18 Å². The molecule has 0 spiro atoms. The largest absolute Gasteiger partial charge is 0.405 e. The van der Waals surface area contributed by atoms with E-state index in [1.165, 1.54) is 12.1 Å². The van der Waals surface area contributed by atoms with E-state index in [0.717, 1.165) is 12.0 Å². The van der Waals surface area contributed by atoms with Crippen LogP contribution in [0.25, 0.3) is 0 Å². The van der Waals surface area contributed by atoms with Crippen molar-refractivity contribution < 1.29 is 22.4 Å². The molecule has 0 saturated carbocycles. The Kier molecular flexibility index (Phi) is 4.82. The van der Waals surface area contributed by atoms with Crippen LogP contribution < -0.4 is 5.32 Å². The van der Waals surface area contributed by atoms with Crippen molar-refractivity contribution in [2.45, 2.75) is 18.5 Å². The van der Waals surface area contributed by atoms with Crippen LogP contribution in [0.1, 0.15) is 17.9 Å². The van der Waals surface area contributed by atoms with E-state index in [4.69, 9.17) is 0 Å². The number of nitrogens with zero attached hydrogens (tertiary/aromatic N) is 1. The van der Waals surface area contributed by atoms with Crippen molar-refractivity contribution in [2.24, 2.45) is 0 Å². The molecule has 1 aliphatic rings. The molecule has 2 rings (SSSR count). The summed E-state index contributed by atoms with van der Waals surface area (Å²) in [6.45, 7) is -0.224. The standard InChI is InChI=1S/C14H16F4N2O/c15-12-3-1-2-10(6-12)11-4-5-20(7-11)8-13(21)19-9-14(16,17)18/h1-3,6,11H,4-5,7-9H2,(H,19,21)/t11-/m1/s1. The van der Waals surface area contributed by atoms with Gasteiger partial charge in [0, 0.05) is 6.54 Å². The number of nitrogens with one attached hydrogen (secondary N) is 1. The maximum atomic E-state index is 13.2. The highest BCUT2D eigenvalue weighted by Gasteiger charge is 2.29. The van der Waals surface area contributed by atoms with Crippen LogP contribution in [0.3, 0.4) is 0 Å². The molecular weight excluding hydrogens is 288 g/mol. The van der Waals surface area contributed by atoms with Crippen molar-refractivity contribution in [1.82, 2.24) is 10.2 Å². The van der Waals surface area contributed by atoms with Crippen LogP contribution in [-0.4, -0.2) is 43.2 Å². The molecule has 1 atom stereocenters. The fourth-order valence-electron chi connectivity index (χ4n) is 2.47. The molecule has 21 heavy (non-hydrogen) atoms. The average Bonchev–Trinajstić information content (AvgIpc) is 2.84. The lowest BCUT2D eigenvalue weighted by atomic mass is 9.98. The highest BCUT2D eigenvalue weighted by Crippen LogP contribution is 2.27. The van der Waals surface area contributed by atoms with E-state index in [2.05, 4.69) is 0 Å². The minimum atomic E-state index is -4.40. The molecule has 0 radical (unpaired) electrons. The number of hydrogen-bond donors (Lipinski definition) is 1. The van der Waals surface area contributed by atoms with Crippen LogP contribution >= 0.6 is 0 Å². The van der Waals surface area contributed by atoms with Crippen molar-refractivity contribution in [3.8, 4) is 0 Å². The third-order valence-electron chi connectivity index (χ3n) is 3.45. The molecule has 1 aromatic rings. The van der Waals surface area contributed by atoms with E-state index in [-0.39, 0.29) is 18.3 Å². The lowest BCUT2D eigenvalue weighted by Gasteiger charge is -2.16. The van der Waals surface area contributed by atoms with Crippen molar-refractivity contribution in [3.05, 3.63) is 35.6 Å². The van der Waals surface area contributed by atoms with Crippen molar-refractivity contribution >= 4 is 5.91 Å². The molecule has 3 nitrogen and oxygen atoms in total. The monoisotopic (exact) mass is 304 g/mol. The van der Waals surface area contributed by atoms with Gasteiger partial charge in [0.1, 0.15) is 12.4 Å². The molecule has 1 N–H and O–H groups in total. The summed E-state index contributed by atoms with van der Waals surface area (Å²) in [5, 5.41) is 1.85. The van der Waals surface area contributed by atoms with Gasteiger partial charge in [-0.05, 0) is 36.6 Å². The summed E-state index contributed by atoms with van der Waals surface area (Å²) in [4.78, 5) is 13.2. The molecule has 0 aromatic heterocycles. The maximum absolute atomic E-state index is 13.2. The fraction of sp³-hybridized carbons (Fsp3) is 0.500. The number of hydrogen-bond acceptors (Lipinski definition) is 2. The molecule has 1 heterocycles. The van der Waals surface area contributed by atoms with Gasteiger partial charge in [-0.2, -0.15) is 13.2 Å². The summed E-state index contributed by atoms with van der Waals surface area (Å²) in [5.74, 6) is -0.850. The molecule has 0 aliphatic carbocycles. The molecule has 1 aromatic carbocycles. The van der Waals surface area contributed by atoms with Crippen LogP contribution in [0.2, 0.25) is 0 Å². The minimum absolute atomic E-state index is 0.0676. The Labute approximate surface area is 119 Å². The zero-order chi connectivity index (χ0) is 15.5. The first-order chi connectivity index (χ1) is 9.83. The first kappa shape index (κ1) is 15.8. The molecular formula is C14H16F4N2O. The quantitative estimate of drug-likeness (QED) is 0.866. The van der Waals surface area contributed by atoms with Crippen molar-refractivity contribution in [3.63, 3.8) is 0 Å². The molecule has 7 heteroatoms. The van der Waals surface area contributed by atoms with Crippen molar-refractivity contribution in [2.75, 3.05) is 26.2 Å². The second kappa shape index (κ2) is 6.43. The van der Waals surface area contributed by atoms with Crippen LogP contribution in [0.15, 0.2) is 24.3 Å². The lowest BCUT2D eigenvalue weighted by Crippen LogP contribution is -2.40. The van der Waals surface area contributed by atoms with Gasteiger partial charge in [-0.1, -0.05) is 12.1 Å². The van der Waals surface area contributed by atoms with Crippen LogP contribution in [0, 0.1) is 5.82 Å². The molecule has 1 fully saturated rings. The first-order valence-corrected chi connectivity index (χ1v) is 6.65. The van der Waals surface area contributed by atoms with Gasteiger partial charge in [0.2, 0.25) is 5.91 Å². The Morgan fingerprint density at radius 3 is 2.81 bits per heavy atom. The molecule has 1 aliphatic heterocycles. The predicted molar refractivity (Wildman–Crippen MR) is 69.3 cm³/mol. The molecule has 116 valence electrons. The number of carbonyl (C=O) groups excluding carboxylic acids is 1. The number of rotatable bonds is 4. The third kappa shape index (κ3) is 5.00. The SMILES string of the molecule is O=C(CN1CC[C@@H](c2cccc(F)c2)C1)NCC(F)(F)F. The number of benzene rings is 1.